The number of nitrogens with one attached hydrogen (secondary N) is 1. The highest BCUT2D eigenvalue weighted by molar-refractivity contribution is 7.89. The van der Waals surface area contributed by atoms with Gasteiger partial charge >= 0.3 is 0 Å². The SMILES string of the molecule is O=S(=O)(NCC1CCCCC1O)c1cnc(Cl)c(Cl)c1. The van der Waals surface area contributed by atoms with E-state index in [2.05, 4.69) is 9.71 Å². The zero-order valence-corrected chi connectivity index (χ0v) is 13.0. The molecule has 20 heavy (non-hydrogen) atoms. The predicted molar refractivity (Wildman–Crippen MR) is 77.4 cm³/mol. The van der Waals surface area contributed by atoms with Crippen molar-refractivity contribution < 1.29 is 13.5 Å². The molecule has 1 aliphatic rings. The molecule has 0 aliphatic heterocycles. The summed E-state index contributed by atoms with van der Waals surface area (Å²) in [6, 6.07) is 1.26. The quantitative estimate of drug-likeness (QED) is 0.825. The third kappa shape index (κ3) is 3.83. The first kappa shape index (κ1) is 16.0. The van der Waals surface area contributed by atoms with Crippen molar-refractivity contribution in [3.05, 3.63) is 22.4 Å². The van der Waals surface area contributed by atoms with E-state index < -0.39 is 16.1 Å². The Morgan fingerprint density at radius 3 is 2.70 bits per heavy atom. The summed E-state index contributed by atoms with van der Waals surface area (Å²) in [5, 5.41) is 9.98. The lowest BCUT2D eigenvalue weighted by Gasteiger charge is -2.27. The summed E-state index contributed by atoms with van der Waals surface area (Å²) >= 11 is 11.4. The second-order valence-electron chi connectivity index (χ2n) is 4.91. The van der Waals surface area contributed by atoms with Gasteiger partial charge in [-0.2, -0.15) is 0 Å². The molecule has 0 amide bonds. The first-order chi connectivity index (χ1) is 9.40. The van der Waals surface area contributed by atoms with Crippen LogP contribution in [0.5, 0.6) is 0 Å². The highest BCUT2D eigenvalue weighted by atomic mass is 35.5. The van der Waals surface area contributed by atoms with Crippen LogP contribution in [-0.4, -0.2) is 31.2 Å². The van der Waals surface area contributed by atoms with E-state index >= 15 is 0 Å². The van der Waals surface area contributed by atoms with Gasteiger partial charge in [-0.15, -0.1) is 0 Å². The smallest absolute Gasteiger partial charge is 0.242 e. The number of pyridine rings is 1. The third-order valence-electron chi connectivity index (χ3n) is 3.49. The van der Waals surface area contributed by atoms with E-state index in [4.69, 9.17) is 23.2 Å². The fourth-order valence-electron chi connectivity index (χ4n) is 2.28. The third-order valence-corrected chi connectivity index (χ3v) is 5.56. The number of aromatic nitrogens is 1. The van der Waals surface area contributed by atoms with Crippen molar-refractivity contribution in [1.29, 1.82) is 0 Å². The van der Waals surface area contributed by atoms with Crippen LogP contribution in [0, 0.1) is 5.92 Å². The van der Waals surface area contributed by atoms with E-state index in [-0.39, 0.29) is 27.5 Å². The molecule has 2 rings (SSSR count). The minimum Gasteiger partial charge on any atom is -0.393 e. The van der Waals surface area contributed by atoms with Crippen molar-refractivity contribution in [2.75, 3.05) is 6.54 Å². The van der Waals surface area contributed by atoms with Crippen molar-refractivity contribution in [1.82, 2.24) is 9.71 Å². The molecule has 1 saturated carbocycles. The standard InChI is InChI=1S/C12H16Cl2N2O3S/c13-10-5-9(7-15-12(10)14)20(18,19)16-6-8-3-1-2-4-11(8)17/h5,7-8,11,16-17H,1-4,6H2. The summed E-state index contributed by atoms with van der Waals surface area (Å²) < 4.78 is 26.7. The van der Waals surface area contributed by atoms with Gasteiger partial charge in [0.15, 0.2) is 0 Å². The first-order valence-electron chi connectivity index (χ1n) is 6.39. The molecule has 0 saturated heterocycles. The van der Waals surface area contributed by atoms with E-state index in [9.17, 15) is 13.5 Å². The molecule has 0 radical (unpaired) electrons. The molecule has 0 spiro atoms. The Labute approximate surface area is 128 Å². The molecule has 0 bridgehead atoms. The molecule has 2 atom stereocenters. The molecule has 1 heterocycles. The van der Waals surface area contributed by atoms with Crippen molar-refractivity contribution in [3.8, 4) is 0 Å². The van der Waals surface area contributed by atoms with Gasteiger partial charge in [0.1, 0.15) is 10.0 Å². The molecule has 2 N–H and O–H groups in total. The number of hydrogen-bond acceptors (Lipinski definition) is 4. The van der Waals surface area contributed by atoms with Gasteiger partial charge in [-0.1, -0.05) is 36.0 Å². The largest absolute Gasteiger partial charge is 0.393 e. The van der Waals surface area contributed by atoms with Crippen LogP contribution in [0.3, 0.4) is 0 Å². The van der Waals surface area contributed by atoms with E-state index in [0.29, 0.717) is 0 Å². The van der Waals surface area contributed by atoms with Crippen molar-refractivity contribution in [3.63, 3.8) is 0 Å². The summed E-state index contributed by atoms with van der Waals surface area (Å²) in [5.41, 5.74) is 0. The second-order valence-corrected chi connectivity index (χ2v) is 7.44. The lowest BCUT2D eigenvalue weighted by molar-refractivity contribution is 0.0724. The molecule has 5 nitrogen and oxygen atoms in total. The van der Waals surface area contributed by atoms with Crippen LogP contribution >= 0.6 is 23.2 Å². The van der Waals surface area contributed by atoms with Crippen LogP contribution < -0.4 is 4.72 Å². The van der Waals surface area contributed by atoms with Gasteiger partial charge in [0.05, 0.1) is 11.1 Å². The van der Waals surface area contributed by atoms with E-state index in [1.807, 2.05) is 0 Å². The Hall–Kier alpha value is -0.400. The minimum atomic E-state index is -3.69. The van der Waals surface area contributed by atoms with Gasteiger partial charge < -0.3 is 5.11 Å². The van der Waals surface area contributed by atoms with Crippen LogP contribution in [0.15, 0.2) is 17.2 Å². The van der Waals surface area contributed by atoms with E-state index in [1.54, 1.807) is 0 Å². The molecular formula is C12H16Cl2N2O3S. The molecule has 2 unspecified atom stereocenters. The summed E-state index contributed by atoms with van der Waals surface area (Å²) in [7, 11) is -3.69. The summed E-state index contributed by atoms with van der Waals surface area (Å²) in [5.74, 6) is -0.0470. The van der Waals surface area contributed by atoms with Gasteiger partial charge in [0, 0.05) is 12.7 Å². The highest BCUT2D eigenvalue weighted by Crippen LogP contribution is 2.25. The maximum absolute atomic E-state index is 12.1. The van der Waals surface area contributed by atoms with Gasteiger partial charge in [-0.05, 0) is 24.8 Å². The number of aliphatic hydroxyl groups excluding tert-OH is 1. The Balaban J connectivity index is 2.05. The maximum Gasteiger partial charge on any atom is 0.242 e. The Morgan fingerprint density at radius 2 is 2.05 bits per heavy atom. The minimum absolute atomic E-state index is 0.0304. The molecule has 1 fully saturated rings. The first-order valence-corrected chi connectivity index (χ1v) is 8.63. The Kier molecular flexibility index (Phi) is 5.25. The van der Waals surface area contributed by atoms with E-state index in [0.717, 1.165) is 31.9 Å². The number of halogens is 2. The molecular weight excluding hydrogens is 323 g/mol. The second kappa shape index (κ2) is 6.58. The van der Waals surface area contributed by atoms with Gasteiger partial charge in [0.2, 0.25) is 10.0 Å². The van der Waals surface area contributed by atoms with Gasteiger partial charge in [-0.25, -0.2) is 18.1 Å². The number of sulfonamides is 1. The maximum atomic E-state index is 12.1. The molecule has 1 aromatic heterocycles. The lowest BCUT2D eigenvalue weighted by atomic mass is 9.87. The number of aliphatic hydroxyl groups is 1. The summed E-state index contributed by atoms with van der Waals surface area (Å²) in [6.07, 6.45) is 4.26. The zero-order chi connectivity index (χ0) is 14.8. The summed E-state index contributed by atoms with van der Waals surface area (Å²) in [4.78, 5) is 3.69. The fourth-order valence-corrected chi connectivity index (χ4v) is 3.68. The lowest BCUT2D eigenvalue weighted by Crippen LogP contribution is -2.36. The van der Waals surface area contributed by atoms with Crippen molar-refractivity contribution >= 4 is 33.2 Å². The van der Waals surface area contributed by atoms with Crippen molar-refractivity contribution in [2.45, 2.75) is 36.7 Å². The van der Waals surface area contributed by atoms with Crippen LogP contribution in [0.4, 0.5) is 0 Å². The molecule has 0 aromatic carbocycles. The van der Waals surface area contributed by atoms with Crippen LogP contribution in [0.1, 0.15) is 25.7 Å². The molecule has 1 aliphatic carbocycles. The zero-order valence-electron chi connectivity index (χ0n) is 10.7. The highest BCUT2D eigenvalue weighted by Gasteiger charge is 2.25. The van der Waals surface area contributed by atoms with Crippen LogP contribution in [0.2, 0.25) is 10.2 Å². The van der Waals surface area contributed by atoms with Gasteiger partial charge in [0.25, 0.3) is 0 Å². The van der Waals surface area contributed by atoms with E-state index in [1.165, 1.54) is 6.07 Å². The van der Waals surface area contributed by atoms with Gasteiger partial charge in [-0.3, -0.25) is 0 Å². The number of rotatable bonds is 4. The summed E-state index contributed by atoms with van der Waals surface area (Å²) in [6.45, 7) is 0.212. The Morgan fingerprint density at radius 1 is 1.35 bits per heavy atom. The Bertz CT molecular complexity index is 580. The normalized spacial score (nSPS) is 23.8. The number of hydrogen-bond donors (Lipinski definition) is 2. The predicted octanol–water partition coefficient (Wildman–Crippen LogP) is 2.22. The number of nitrogens with zero attached hydrogens (tertiary/aromatic N) is 1. The fraction of sp³-hybridized carbons (Fsp3) is 0.583. The van der Waals surface area contributed by atoms with Crippen LogP contribution in [-0.2, 0) is 10.0 Å². The molecule has 1 aromatic rings. The van der Waals surface area contributed by atoms with Crippen LogP contribution in [0.25, 0.3) is 0 Å². The molecule has 112 valence electrons. The topological polar surface area (TPSA) is 79.3 Å². The molecule has 8 heteroatoms. The average Bonchev–Trinajstić information content (AvgIpc) is 2.41. The monoisotopic (exact) mass is 338 g/mol. The average molecular weight is 339 g/mol. The van der Waals surface area contributed by atoms with Crippen molar-refractivity contribution in [2.24, 2.45) is 5.92 Å².